The third-order valence-electron chi connectivity index (χ3n) is 4.01. The van der Waals surface area contributed by atoms with Gasteiger partial charge in [0.2, 0.25) is 0 Å². The van der Waals surface area contributed by atoms with Gasteiger partial charge in [-0.25, -0.2) is 0 Å². The first kappa shape index (κ1) is 11.5. The van der Waals surface area contributed by atoms with Crippen molar-refractivity contribution in [1.29, 1.82) is 0 Å². The van der Waals surface area contributed by atoms with Crippen molar-refractivity contribution in [2.75, 3.05) is 0 Å². The molecule has 0 saturated carbocycles. The number of aromatic hydroxyl groups is 1. The molecule has 0 aliphatic heterocycles. The average molecular weight is 218 g/mol. The van der Waals surface area contributed by atoms with Crippen LogP contribution in [-0.4, -0.2) is 5.11 Å². The van der Waals surface area contributed by atoms with Gasteiger partial charge in [-0.3, -0.25) is 0 Å². The van der Waals surface area contributed by atoms with E-state index in [1.165, 1.54) is 43.2 Å². The summed E-state index contributed by atoms with van der Waals surface area (Å²) < 4.78 is 0. The lowest BCUT2D eigenvalue weighted by atomic mass is 9.72. The summed E-state index contributed by atoms with van der Waals surface area (Å²) in [7, 11) is 0. The average Bonchev–Trinajstić information content (AvgIpc) is 2.30. The van der Waals surface area contributed by atoms with Crippen LogP contribution in [0, 0.1) is 5.92 Å². The largest absolute Gasteiger partial charge is 0.508 e. The highest BCUT2D eigenvalue weighted by atomic mass is 16.3. The topological polar surface area (TPSA) is 20.2 Å². The van der Waals surface area contributed by atoms with Crippen LogP contribution in [0.25, 0.3) is 0 Å². The van der Waals surface area contributed by atoms with Crippen LogP contribution in [0.3, 0.4) is 0 Å². The zero-order valence-electron chi connectivity index (χ0n) is 10.4. The smallest absolute Gasteiger partial charge is 0.115 e. The Kier molecular flexibility index (Phi) is 3.52. The van der Waals surface area contributed by atoms with Gasteiger partial charge in [-0.1, -0.05) is 32.8 Å². The van der Waals surface area contributed by atoms with Crippen LogP contribution in [0.4, 0.5) is 0 Å². The molecule has 2 rings (SSSR count). The van der Waals surface area contributed by atoms with Crippen LogP contribution in [0.2, 0.25) is 0 Å². The predicted octanol–water partition coefficient (Wildman–Crippen LogP) is 4.25. The zero-order valence-corrected chi connectivity index (χ0v) is 10.4. The van der Waals surface area contributed by atoms with Gasteiger partial charge in [-0.05, 0) is 54.4 Å². The summed E-state index contributed by atoms with van der Waals surface area (Å²) in [5.74, 6) is 1.91. The van der Waals surface area contributed by atoms with E-state index in [1.807, 2.05) is 12.1 Å². The molecule has 1 nitrogen and oxygen atoms in total. The molecule has 0 saturated heterocycles. The van der Waals surface area contributed by atoms with E-state index in [2.05, 4.69) is 19.9 Å². The molecule has 0 heterocycles. The van der Waals surface area contributed by atoms with Crippen LogP contribution in [-0.2, 0) is 6.42 Å². The lowest BCUT2D eigenvalue weighted by molar-refractivity contribution is 0.341. The molecule has 1 aliphatic rings. The maximum absolute atomic E-state index is 9.63. The highest BCUT2D eigenvalue weighted by Crippen LogP contribution is 2.41. The van der Waals surface area contributed by atoms with Crippen LogP contribution >= 0.6 is 0 Å². The zero-order chi connectivity index (χ0) is 11.5. The Morgan fingerprint density at radius 1 is 1.31 bits per heavy atom. The Hall–Kier alpha value is -0.980. The van der Waals surface area contributed by atoms with Gasteiger partial charge in [-0.15, -0.1) is 0 Å². The molecule has 0 aromatic heterocycles. The molecule has 88 valence electrons. The molecule has 1 aromatic carbocycles. The fourth-order valence-corrected chi connectivity index (χ4v) is 3.14. The highest BCUT2D eigenvalue weighted by Gasteiger charge is 2.27. The lowest BCUT2D eigenvalue weighted by Crippen LogP contribution is -2.20. The fourth-order valence-electron chi connectivity index (χ4n) is 3.14. The quantitative estimate of drug-likeness (QED) is 0.804. The summed E-state index contributed by atoms with van der Waals surface area (Å²) in [4.78, 5) is 0. The number of hydrogen-bond acceptors (Lipinski definition) is 1. The van der Waals surface area contributed by atoms with Gasteiger partial charge in [0.05, 0.1) is 0 Å². The number of phenolic OH excluding ortho intramolecular Hbond substituents is 1. The van der Waals surface area contributed by atoms with Crippen molar-refractivity contribution in [3.05, 3.63) is 29.3 Å². The molecular weight excluding hydrogens is 196 g/mol. The molecule has 1 N–H and O–H groups in total. The summed E-state index contributed by atoms with van der Waals surface area (Å²) >= 11 is 0. The highest BCUT2D eigenvalue weighted by molar-refractivity contribution is 5.39. The second kappa shape index (κ2) is 4.90. The maximum atomic E-state index is 9.63. The van der Waals surface area contributed by atoms with Crippen molar-refractivity contribution in [1.82, 2.24) is 0 Å². The lowest BCUT2D eigenvalue weighted by Gasteiger charge is -2.33. The Balaban J connectivity index is 2.35. The van der Waals surface area contributed by atoms with Gasteiger partial charge >= 0.3 is 0 Å². The van der Waals surface area contributed by atoms with E-state index in [-0.39, 0.29) is 0 Å². The number of fused-ring (bicyclic) bond motifs is 1. The van der Waals surface area contributed by atoms with Gasteiger partial charge in [0.15, 0.2) is 0 Å². The van der Waals surface area contributed by atoms with Gasteiger partial charge in [-0.2, -0.15) is 0 Å². The second-order valence-electron chi connectivity index (χ2n) is 4.99. The first-order chi connectivity index (χ1) is 7.76. The molecule has 16 heavy (non-hydrogen) atoms. The van der Waals surface area contributed by atoms with Crippen molar-refractivity contribution < 1.29 is 5.11 Å². The summed E-state index contributed by atoms with van der Waals surface area (Å²) in [6.45, 7) is 4.55. The molecule has 1 aliphatic carbocycles. The van der Waals surface area contributed by atoms with Crippen LogP contribution in [0.5, 0.6) is 5.75 Å². The van der Waals surface area contributed by atoms with E-state index < -0.39 is 0 Å². The molecule has 1 heteroatoms. The van der Waals surface area contributed by atoms with E-state index in [0.717, 1.165) is 5.92 Å². The minimum atomic E-state index is 0.427. The van der Waals surface area contributed by atoms with E-state index in [9.17, 15) is 5.11 Å². The van der Waals surface area contributed by atoms with Crippen molar-refractivity contribution in [3.8, 4) is 5.75 Å². The Labute approximate surface area is 98.5 Å². The molecule has 0 fully saturated rings. The molecule has 0 amide bonds. The van der Waals surface area contributed by atoms with Crippen molar-refractivity contribution in [2.24, 2.45) is 5.92 Å². The van der Waals surface area contributed by atoms with Crippen molar-refractivity contribution in [3.63, 3.8) is 0 Å². The third-order valence-corrected chi connectivity index (χ3v) is 4.01. The van der Waals surface area contributed by atoms with Gasteiger partial charge < -0.3 is 5.11 Å². The minimum Gasteiger partial charge on any atom is -0.508 e. The van der Waals surface area contributed by atoms with E-state index in [1.54, 1.807) is 0 Å². The molecule has 0 radical (unpaired) electrons. The Bertz CT molecular complexity index is 356. The fraction of sp³-hybridized carbons (Fsp3) is 0.600. The number of phenols is 1. The van der Waals surface area contributed by atoms with Crippen molar-refractivity contribution in [2.45, 2.75) is 51.9 Å². The summed E-state index contributed by atoms with van der Waals surface area (Å²) in [5, 5.41) is 9.63. The van der Waals surface area contributed by atoms with E-state index in [4.69, 9.17) is 0 Å². The van der Waals surface area contributed by atoms with Gasteiger partial charge in [0.1, 0.15) is 5.75 Å². The number of rotatable bonds is 3. The van der Waals surface area contributed by atoms with Gasteiger partial charge in [0.25, 0.3) is 0 Å². The number of aryl methyl sites for hydroxylation is 1. The standard InChI is InChI=1S/C15H22O/c1-3-5-14-11(4-2)6-7-12-8-9-13(16)10-15(12)14/h8-11,14,16H,3-7H2,1-2H3. The summed E-state index contributed by atoms with van der Waals surface area (Å²) in [5.41, 5.74) is 2.88. The summed E-state index contributed by atoms with van der Waals surface area (Å²) in [6, 6.07) is 5.94. The Morgan fingerprint density at radius 3 is 2.81 bits per heavy atom. The van der Waals surface area contributed by atoms with Crippen LogP contribution < -0.4 is 0 Å². The first-order valence-electron chi connectivity index (χ1n) is 6.58. The van der Waals surface area contributed by atoms with E-state index >= 15 is 0 Å². The van der Waals surface area contributed by atoms with Gasteiger partial charge in [0, 0.05) is 0 Å². The molecule has 2 atom stereocenters. The van der Waals surface area contributed by atoms with E-state index in [0.29, 0.717) is 11.7 Å². The molecule has 0 bridgehead atoms. The van der Waals surface area contributed by atoms with Crippen LogP contribution in [0.15, 0.2) is 18.2 Å². The maximum Gasteiger partial charge on any atom is 0.115 e. The van der Waals surface area contributed by atoms with Crippen LogP contribution in [0.1, 0.15) is 56.6 Å². The summed E-state index contributed by atoms with van der Waals surface area (Å²) in [6.07, 6.45) is 6.26. The normalized spacial score (nSPS) is 24.1. The monoisotopic (exact) mass is 218 g/mol. The SMILES string of the molecule is CCCC1c2cc(O)ccc2CCC1CC. The second-order valence-corrected chi connectivity index (χ2v) is 4.99. The number of benzene rings is 1. The first-order valence-corrected chi connectivity index (χ1v) is 6.58. The third kappa shape index (κ3) is 2.09. The minimum absolute atomic E-state index is 0.427. The number of hydrogen-bond donors (Lipinski definition) is 1. The van der Waals surface area contributed by atoms with Crippen molar-refractivity contribution >= 4 is 0 Å². The molecule has 0 spiro atoms. The molecular formula is C15H22O. The molecule has 2 unspecified atom stereocenters. The predicted molar refractivity (Wildman–Crippen MR) is 67.9 cm³/mol. The molecule has 1 aromatic rings. The Morgan fingerprint density at radius 2 is 2.12 bits per heavy atom.